The Labute approximate surface area is 261 Å². The van der Waals surface area contributed by atoms with Crippen LogP contribution in [0.2, 0.25) is 0 Å². The molecule has 6 aromatic carbocycles. The van der Waals surface area contributed by atoms with Crippen LogP contribution in [0.25, 0.3) is 88.0 Å². The van der Waals surface area contributed by atoms with Crippen LogP contribution in [0.15, 0.2) is 152 Å². The van der Waals surface area contributed by atoms with Gasteiger partial charge in [0, 0.05) is 33.4 Å². The first-order valence-corrected chi connectivity index (χ1v) is 15.8. The number of nitrogens with zero attached hydrogens (tertiary/aromatic N) is 2. The molecular formula is C43H28N2. The summed E-state index contributed by atoms with van der Waals surface area (Å²) in [5.41, 5.74) is 13.7. The Morgan fingerprint density at radius 1 is 0.511 bits per heavy atom. The van der Waals surface area contributed by atoms with Crippen molar-refractivity contribution in [2.24, 2.45) is 0 Å². The lowest BCUT2D eigenvalue weighted by Crippen LogP contribution is -2.06. The zero-order valence-electron chi connectivity index (χ0n) is 24.6. The SMILES string of the molecule is C1=CCC(n2c3ccccc3c3c4cccnc4c(-c4ccc(-c5ccc6c7c(cccc57)-c5ccccc5-6)cc4)cc32)C=C1. The highest BCUT2D eigenvalue weighted by atomic mass is 15.0. The first kappa shape index (κ1) is 24.7. The Balaban J connectivity index is 1.16. The molecule has 0 saturated carbocycles. The van der Waals surface area contributed by atoms with Gasteiger partial charge in [0.15, 0.2) is 0 Å². The number of para-hydroxylation sites is 1. The van der Waals surface area contributed by atoms with E-state index in [1.54, 1.807) is 0 Å². The smallest absolute Gasteiger partial charge is 0.0788 e. The first-order valence-electron chi connectivity index (χ1n) is 15.8. The molecule has 1 atom stereocenters. The number of allylic oxidation sites excluding steroid dienone is 4. The van der Waals surface area contributed by atoms with Crippen molar-refractivity contribution in [3.05, 3.63) is 152 Å². The lowest BCUT2D eigenvalue weighted by Gasteiger charge is -2.19. The summed E-state index contributed by atoms with van der Waals surface area (Å²) in [6.45, 7) is 0. The Kier molecular flexibility index (Phi) is 5.15. The van der Waals surface area contributed by atoms with Crippen molar-refractivity contribution in [3.63, 3.8) is 0 Å². The number of fused-ring (bicyclic) bond motifs is 8. The van der Waals surface area contributed by atoms with Crippen molar-refractivity contribution < 1.29 is 0 Å². The van der Waals surface area contributed by atoms with Gasteiger partial charge in [-0.15, -0.1) is 0 Å². The minimum Gasteiger partial charge on any atom is -0.333 e. The van der Waals surface area contributed by atoms with Gasteiger partial charge in [-0.2, -0.15) is 0 Å². The third-order valence-electron chi connectivity index (χ3n) is 9.91. The van der Waals surface area contributed by atoms with Crippen molar-refractivity contribution in [2.75, 3.05) is 0 Å². The van der Waals surface area contributed by atoms with Gasteiger partial charge in [-0.05, 0) is 74.3 Å². The summed E-state index contributed by atoms with van der Waals surface area (Å²) in [5, 5.41) is 6.43. The van der Waals surface area contributed by atoms with Gasteiger partial charge in [0.25, 0.3) is 0 Å². The summed E-state index contributed by atoms with van der Waals surface area (Å²) in [7, 11) is 0. The molecule has 2 aliphatic rings. The topological polar surface area (TPSA) is 17.8 Å². The molecule has 45 heavy (non-hydrogen) atoms. The van der Waals surface area contributed by atoms with Gasteiger partial charge in [0.05, 0.1) is 17.1 Å². The summed E-state index contributed by atoms with van der Waals surface area (Å²) >= 11 is 0. The average molecular weight is 573 g/mol. The van der Waals surface area contributed by atoms with E-state index in [4.69, 9.17) is 4.98 Å². The second kappa shape index (κ2) is 9.38. The number of benzene rings is 6. The van der Waals surface area contributed by atoms with Crippen molar-refractivity contribution in [2.45, 2.75) is 12.5 Å². The number of rotatable bonds is 3. The predicted molar refractivity (Wildman–Crippen MR) is 189 cm³/mol. The lowest BCUT2D eigenvalue weighted by atomic mass is 9.92. The molecule has 2 heteroatoms. The van der Waals surface area contributed by atoms with Crippen molar-refractivity contribution in [3.8, 4) is 44.5 Å². The molecule has 1 unspecified atom stereocenters. The third kappa shape index (κ3) is 3.48. The van der Waals surface area contributed by atoms with E-state index in [9.17, 15) is 0 Å². The lowest BCUT2D eigenvalue weighted by molar-refractivity contribution is 0.648. The van der Waals surface area contributed by atoms with Gasteiger partial charge in [-0.1, -0.05) is 127 Å². The quantitative estimate of drug-likeness (QED) is 0.206. The Bertz CT molecular complexity index is 2530. The number of hydrogen-bond acceptors (Lipinski definition) is 1. The number of pyridine rings is 1. The summed E-state index contributed by atoms with van der Waals surface area (Å²) in [6, 6.07) is 45.0. The fourth-order valence-corrected chi connectivity index (χ4v) is 7.96. The standard InChI is InChI=1S/C43H28N2/c1-2-10-29(11-3-1)45-39-18-7-6-14-36(39)42-37-17-9-25-44-43(37)38(26-40(42)45)28-21-19-27(20-22-28)30-23-24-35-32-13-5-4-12-31(32)34-16-8-15-33(30)41(34)35/h1-10,12-26,29H,11H2. The molecule has 2 heterocycles. The van der Waals surface area contributed by atoms with E-state index < -0.39 is 0 Å². The van der Waals surface area contributed by atoms with E-state index in [-0.39, 0.29) is 6.04 Å². The maximum atomic E-state index is 4.97. The van der Waals surface area contributed by atoms with Crippen LogP contribution in [0.1, 0.15) is 12.5 Å². The Morgan fingerprint density at radius 3 is 2.02 bits per heavy atom. The molecule has 0 bridgehead atoms. The average Bonchev–Trinajstić information content (AvgIpc) is 3.63. The van der Waals surface area contributed by atoms with E-state index in [0.717, 1.165) is 11.9 Å². The highest BCUT2D eigenvalue weighted by molar-refractivity contribution is 6.23. The summed E-state index contributed by atoms with van der Waals surface area (Å²) in [4.78, 5) is 4.97. The van der Waals surface area contributed by atoms with Crippen LogP contribution in [0.4, 0.5) is 0 Å². The van der Waals surface area contributed by atoms with E-state index in [1.165, 1.54) is 82.5 Å². The molecule has 10 rings (SSSR count). The molecule has 2 nitrogen and oxygen atoms in total. The highest BCUT2D eigenvalue weighted by Gasteiger charge is 2.23. The molecule has 0 aliphatic heterocycles. The second-order valence-corrected chi connectivity index (χ2v) is 12.2. The number of hydrogen-bond donors (Lipinski definition) is 0. The molecule has 0 spiro atoms. The predicted octanol–water partition coefficient (Wildman–Crippen LogP) is 11.5. The minimum atomic E-state index is 0.275. The molecule has 0 N–H and O–H groups in total. The fraction of sp³-hybridized carbons (Fsp3) is 0.0465. The Hall–Kier alpha value is -5.73. The maximum Gasteiger partial charge on any atom is 0.0788 e. The summed E-state index contributed by atoms with van der Waals surface area (Å²) < 4.78 is 2.53. The molecule has 0 radical (unpaired) electrons. The fourth-order valence-electron chi connectivity index (χ4n) is 7.96. The normalized spacial score (nSPS) is 15.1. The van der Waals surface area contributed by atoms with Gasteiger partial charge >= 0.3 is 0 Å². The van der Waals surface area contributed by atoms with Crippen LogP contribution in [-0.2, 0) is 0 Å². The van der Waals surface area contributed by atoms with E-state index in [1.807, 2.05) is 6.20 Å². The highest BCUT2D eigenvalue weighted by Crippen LogP contribution is 2.49. The number of aromatic nitrogens is 2. The van der Waals surface area contributed by atoms with Gasteiger partial charge < -0.3 is 4.57 Å². The van der Waals surface area contributed by atoms with Gasteiger partial charge in [-0.25, -0.2) is 0 Å². The largest absolute Gasteiger partial charge is 0.333 e. The van der Waals surface area contributed by atoms with E-state index in [0.29, 0.717) is 0 Å². The second-order valence-electron chi connectivity index (χ2n) is 12.2. The van der Waals surface area contributed by atoms with Crippen LogP contribution in [0, 0.1) is 0 Å². The van der Waals surface area contributed by atoms with Crippen LogP contribution < -0.4 is 0 Å². The maximum absolute atomic E-state index is 4.97. The van der Waals surface area contributed by atoms with Crippen LogP contribution in [0.3, 0.4) is 0 Å². The van der Waals surface area contributed by atoms with Crippen molar-refractivity contribution in [1.29, 1.82) is 0 Å². The van der Waals surface area contributed by atoms with Gasteiger partial charge in [0.2, 0.25) is 0 Å². The van der Waals surface area contributed by atoms with Crippen LogP contribution in [0.5, 0.6) is 0 Å². The van der Waals surface area contributed by atoms with Crippen molar-refractivity contribution >= 4 is 43.5 Å². The third-order valence-corrected chi connectivity index (χ3v) is 9.91. The van der Waals surface area contributed by atoms with E-state index in [2.05, 4.69) is 150 Å². The molecule has 0 fully saturated rings. The molecule has 0 saturated heterocycles. The zero-order valence-corrected chi connectivity index (χ0v) is 24.6. The summed E-state index contributed by atoms with van der Waals surface area (Å²) in [5.74, 6) is 0. The zero-order chi connectivity index (χ0) is 29.5. The summed E-state index contributed by atoms with van der Waals surface area (Å²) in [6.07, 6.45) is 11.8. The van der Waals surface area contributed by atoms with Gasteiger partial charge in [0.1, 0.15) is 0 Å². The van der Waals surface area contributed by atoms with E-state index >= 15 is 0 Å². The molecular weight excluding hydrogens is 544 g/mol. The van der Waals surface area contributed by atoms with Crippen LogP contribution >= 0.6 is 0 Å². The molecule has 8 aromatic rings. The molecule has 2 aromatic heterocycles. The minimum absolute atomic E-state index is 0.275. The molecule has 210 valence electrons. The molecule has 2 aliphatic carbocycles. The molecule has 0 amide bonds. The first-order chi connectivity index (χ1) is 22.3. The van der Waals surface area contributed by atoms with Crippen molar-refractivity contribution in [1.82, 2.24) is 9.55 Å². The monoisotopic (exact) mass is 572 g/mol. The van der Waals surface area contributed by atoms with Crippen LogP contribution in [-0.4, -0.2) is 9.55 Å². The Morgan fingerprint density at radius 2 is 1.20 bits per heavy atom. The van der Waals surface area contributed by atoms with Gasteiger partial charge in [-0.3, -0.25) is 4.98 Å².